The number of carbonyl (C=O) groups excluding carboxylic acids is 1. The first-order valence-electron chi connectivity index (χ1n) is 11.2. The Kier molecular flexibility index (Phi) is 7.60. The van der Waals surface area contributed by atoms with Crippen molar-refractivity contribution in [2.24, 2.45) is 11.8 Å². The average molecular weight is 431 g/mol. The van der Waals surface area contributed by atoms with E-state index in [2.05, 4.69) is 22.6 Å². The number of nitrogens with one attached hydrogen (secondary N) is 1. The normalized spacial score (nSPS) is 22.3. The molecule has 0 spiro atoms. The third-order valence-corrected chi connectivity index (χ3v) is 7.60. The molecule has 30 heavy (non-hydrogen) atoms. The first kappa shape index (κ1) is 22.8. The van der Waals surface area contributed by atoms with Gasteiger partial charge in [0, 0.05) is 30.0 Å². The molecule has 0 bridgehead atoms. The molecule has 0 aromatic heterocycles. The van der Waals surface area contributed by atoms with Crippen LogP contribution in [0.2, 0.25) is 0 Å². The van der Waals surface area contributed by atoms with E-state index in [0.29, 0.717) is 25.3 Å². The number of rotatable bonds is 6. The zero-order valence-electron chi connectivity index (χ0n) is 18.4. The van der Waals surface area contributed by atoms with Crippen LogP contribution in [0.15, 0.2) is 24.3 Å². The summed E-state index contributed by atoms with van der Waals surface area (Å²) in [4.78, 5) is 14.6. The number of hydrogen-bond donors (Lipinski definition) is 1. The molecule has 1 amide bonds. The highest BCUT2D eigenvalue weighted by molar-refractivity contribution is 7.89. The molecule has 6 heteroatoms. The second-order valence-corrected chi connectivity index (χ2v) is 10.9. The lowest BCUT2D eigenvalue weighted by molar-refractivity contribution is -0.135. The summed E-state index contributed by atoms with van der Waals surface area (Å²) in [5, 5.41) is 0. The molecule has 1 aliphatic carbocycles. The molecule has 5 nitrogen and oxygen atoms in total. The van der Waals surface area contributed by atoms with Crippen LogP contribution in [0, 0.1) is 23.7 Å². The van der Waals surface area contributed by atoms with Crippen LogP contribution in [0.5, 0.6) is 0 Å². The van der Waals surface area contributed by atoms with Crippen molar-refractivity contribution in [1.82, 2.24) is 9.62 Å². The molecule has 0 unspecified atom stereocenters. The van der Waals surface area contributed by atoms with E-state index >= 15 is 0 Å². The van der Waals surface area contributed by atoms with Gasteiger partial charge in [0.15, 0.2) is 0 Å². The topological polar surface area (TPSA) is 66.5 Å². The Hall–Kier alpha value is -1.84. The van der Waals surface area contributed by atoms with Gasteiger partial charge in [-0.2, -0.15) is 0 Å². The third kappa shape index (κ3) is 5.86. The fourth-order valence-electron chi connectivity index (χ4n) is 4.44. The van der Waals surface area contributed by atoms with Crippen LogP contribution in [0.3, 0.4) is 0 Å². The van der Waals surface area contributed by atoms with Crippen LogP contribution in [-0.4, -0.2) is 43.6 Å². The molecular weight excluding hydrogens is 396 g/mol. The lowest BCUT2D eigenvalue weighted by atomic mass is 9.98. The molecule has 164 valence electrons. The molecule has 3 rings (SSSR count). The van der Waals surface area contributed by atoms with E-state index in [1.165, 1.54) is 25.7 Å². The van der Waals surface area contributed by atoms with E-state index in [1.807, 2.05) is 36.9 Å². The molecule has 2 fully saturated rings. The molecule has 2 aliphatic rings. The van der Waals surface area contributed by atoms with Gasteiger partial charge in [-0.3, -0.25) is 4.79 Å². The van der Waals surface area contributed by atoms with Crippen molar-refractivity contribution in [2.45, 2.75) is 71.4 Å². The maximum Gasteiger partial charge on any atom is 0.225 e. The summed E-state index contributed by atoms with van der Waals surface area (Å²) in [6.45, 7) is 6.00. The second kappa shape index (κ2) is 9.98. The van der Waals surface area contributed by atoms with Crippen LogP contribution in [0.25, 0.3) is 0 Å². The molecule has 1 N–H and O–H groups in total. The Bertz CT molecular complexity index is 908. The first-order chi connectivity index (χ1) is 14.3. The maximum atomic E-state index is 12.8. The van der Waals surface area contributed by atoms with Crippen LogP contribution < -0.4 is 4.72 Å². The van der Waals surface area contributed by atoms with E-state index in [4.69, 9.17) is 0 Å². The summed E-state index contributed by atoms with van der Waals surface area (Å²) in [7, 11) is -3.33. The number of nitrogens with zero attached hydrogens (tertiary/aromatic N) is 1. The van der Waals surface area contributed by atoms with Gasteiger partial charge in [0.1, 0.15) is 0 Å². The van der Waals surface area contributed by atoms with Crippen molar-refractivity contribution < 1.29 is 13.2 Å². The van der Waals surface area contributed by atoms with E-state index in [1.54, 1.807) is 6.92 Å². The molecule has 1 saturated carbocycles. The number of carbonyl (C=O) groups is 1. The number of amides is 1. The Labute approximate surface area is 181 Å². The zero-order valence-corrected chi connectivity index (χ0v) is 19.2. The van der Waals surface area contributed by atoms with Crippen molar-refractivity contribution >= 4 is 15.9 Å². The largest absolute Gasteiger partial charge is 0.337 e. The molecule has 1 aromatic rings. The number of hydrogen-bond acceptors (Lipinski definition) is 3. The Morgan fingerprint density at radius 2 is 1.97 bits per heavy atom. The lowest BCUT2D eigenvalue weighted by Crippen LogP contribution is -2.49. The Morgan fingerprint density at radius 1 is 1.23 bits per heavy atom. The molecule has 1 saturated heterocycles. The van der Waals surface area contributed by atoms with Gasteiger partial charge >= 0.3 is 0 Å². The van der Waals surface area contributed by atoms with Gasteiger partial charge in [0.25, 0.3) is 0 Å². The number of sulfonamides is 1. The Balaban J connectivity index is 1.80. The molecule has 1 aromatic carbocycles. The van der Waals surface area contributed by atoms with Gasteiger partial charge in [-0.25, -0.2) is 13.1 Å². The fraction of sp³-hybridized carbons (Fsp3) is 0.625. The summed E-state index contributed by atoms with van der Waals surface area (Å²) < 4.78 is 27.2. The minimum atomic E-state index is -3.33. The third-order valence-electron chi connectivity index (χ3n) is 6.18. The molecule has 1 heterocycles. The minimum Gasteiger partial charge on any atom is -0.337 e. The van der Waals surface area contributed by atoms with Crippen molar-refractivity contribution in [3.8, 4) is 11.8 Å². The summed E-state index contributed by atoms with van der Waals surface area (Å²) in [6, 6.07) is 7.72. The SMILES string of the molecule is CCS(=O)(=O)N[C@@H]1CCN(C(=O)C(C)C)[C@@H]1Cc1cccc(C#CC2CCCC2)c1. The lowest BCUT2D eigenvalue weighted by Gasteiger charge is -2.30. The van der Waals surface area contributed by atoms with Gasteiger partial charge < -0.3 is 4.90 Å². The predicted molar refractivity (Wildman–Crippen MR) is 120 cm³/mol. The summed E-state index contributed by atoms with van der Waals surface area (Å²) in [5.41, 5.74) is 2.08. The summed E-state index contributed by atoms with van der Waals surface area (Å²) >= 11 is 0. The Morgan fingerprint density at radius 3 is 2.63 bits per heavy atom. The van der Waals surface area contributed by atoms with Crippen LogP contribution in [0.1, 0.15) is 64.0 Å². The highest BCUT2D eigenvalue weighted by Gasteiger charge is 2.39. The van der Waals surface area contributed by atoms with Crippen molar-refractivity contribution in [1.29, 1.82) is 0 Å². The number of benzene rings is 1. The minimum absolute atomic E-state index is 0.0423. The van der Waals surface area contributed by atoms with Crippen molar-refractivity contribution in [2.75, 3.05) is 12.3 Å². The quantitative estimate of drug-likeness (QED) is 0.704. The average Bonchev–Trinajstić information content (AvgIpc) is 3.36. The van der Waals surface area contributed by atoms with Crippen LogP contribution >= 0.6 is 0 Å². The van der Waals surface area contributed by atoms with Gasteiger partial charge in [-0.05, 0) is 50.3 Å². The standard InChI is InChI=1S/C24H34N2O3S/c1-4-30(28,29)25-22-14-15-26(24(27)18(2)3)23(22)17-21-11-7-10-20(16-21)13-12-19-8-5-6-9-19/h7,10-11,16,18-19,22-23,25H,4-6,8-9,14-15,17H2,1-3H3/t22-,23-/m1/s1. The van der Waals surface area contributed by atoms with Crippen molar-refractivity contribution in [3.63, 3.8) is 0 Å². The van der Waals surface area contributed by atoms with E-state index < -0.39 is 10.0 Å². The zero-order chi connectivity index (χ0) is 21.7. The molecular formula is C24H34N2O3S. The second-order valence-electron chi connectivity index (χ2n) is 8.83. The van der Waals surface area contributed by atoms with Gasteiger partial charge in [-0.15, -0.1) is 0 Å². The number of likely N-dealkylation sites (tertiary alicyclic amines) is 1. The van der Waals surface area contributed by atoms with E-state index in [0.717, 1.165) is 11.1 Å². The van der Waals surface area contributed by atoms with Crippen molar-refractivity contribution in [3.05, 3.63) is 35.4 Å². The van der Waals surface area contributed by atoms with Crippen LogP contribution in [-0.2, 0) is 21.2 Å². The summed E-state index contributed by atoms with van der Waals surface area (Å²) in [6.07, 6.45) is 6.20. The molecule has 0 radical (unpaired) electrons. The van der Waals surface area contributed by atoms with E-state index in [-0.39, 0.29) is 29.7 Å². The maximum absolute atomic E-state index is 12.8. The molecule has 1 aliphatic heterocycles. The smallest absolute Gasteiger partial charge is 0.225 e. The van der Waals surface area contributed by atoms with Crippen LogP contribution in [0.4, 0.5) is 0 Å². The predicted octanol–water partition coefficient (Wildman–Crippen LogP) is 3.34. The van der Waals surface area contributed by atoms with Gasteiger partial charge in [-0.1, -0.05) is 50.7 Å². The monoisotopic (exact) mass is 430 g/mol. The first-order valence-corrected chi connectivity index (χ1v) is 12.8. The van der Waals surface area contributed by atoms with Gasteiger partial charge in [0.2, 0.25) is 15.9 Å². The van der Waals surface area contributed by atoms with E-state index in [9.17, 15) is 13.2 Å². The fourth-order valence-corrected chi connectivity index (χ4v) is 5.34. The highest BCUT2D eigenvalue weighted by Crippen LogP contribution is 2.26. The highest BCUT2D eigenvalue weighted by atomic mass is 32.2. The van der Waals surface area contributed by atoms with Gasteiger partial charge in [0.05, 0.1) is 11.8 Å². The molecule has 2 atom stereocenters. The summed E-state index contributed by atoms with van der Waals surface area (Å²) in [5.74, 6) is 7.24.